The molecule has 11 rings (SSSR count). The molecule has 1 fully saturated rings. The van der Waals surface area contributed by atoms with Gasteiger partial charge in [-0.1, -0.05) is 214 Å². The molecule has 0 radical (unpaired) electrons. The van der Waals surface area contributed by atoms with E-state index in [4.69, 9.17) is 9.47 Å². The molecule has 1 aromatic heterocycles. The topological polar surface area (TPSA) is 63.8 Å². The molecular formula is C92H113F2NO4. The number of aromatic nitrogens is 1. The lowest BCUT2D eigenvalue weighted by atomic mass is 9.71. The molecule has 0 aliphatic heterocycles. The van der Waals surface area contributed by atoms with Crippen molar-refractivity contribution in [1.29, 1.82) is 0 Å². The normalized spacial score (nSPS) is 15.7. The number of ether oxygens (including phenoxy) is 2. The molecule has 7 heteroatoms. The first-order valence-corrected chi connectivity index (χ1v) is 36.5. The maximum atomic E-state index is 16.6. The Morgan fingerprint density at radius 3 is 1.14 bits per heavy atom. The van der Waals surface area contributed by atoms with Gasteiger partial charge in [-0.15, -0.1) is 0 Å². The van der Waals surface area contributed by atoms with E-state index in [1.54, 1.807) is 18.2 Å². The van der Waals surface area contributed by atoms with E-state index in [9.17, 15) is 10.2 Å². The Labute approximate surface area is 591 Å². The number of nitrogens with zero attached hydrogens (tertiary/aromatic N) is 1. The molecular weight excluding hydrogens is 1220 g/mol. The molecule has 0 amide bonds. The fourth-order valence-corrected chi connectivity index (χ4v) is 16.6. The average molecular weight is 1330 g/mol. The average Bonchev–Trinajstić information content (AvgIpc) is 1.72. The van der Waals surface area contributed by atoms with E-state index in [2.05, 4.69) is 260 Å². The largest absolute Gasteiger partial charge is 0.507 e. The number of aryl methyl sites for hydroxylation is 2. The van der Waals surface area contributed by atoms with Crippen molar-refractivity contribution in [2.24, 2.45) is 22.7 Å². The van der Waals surface area contributed by atoms with Crippen LogP contribution in [0.5, 0.6) is 23.0 Å². The predicted octanol–water partition coefficient (Wildman–Crippen LogP) is 26.3. The summed E-state index contributed by atoms with van der Waals surface area (Å²) in [5.41, 5.74) is 12.9. The Morgan fingerprint density at radius 1 is 0.384 bits per heavy atom. The third-order valence-electron chi connectivity index (χ3n) is 21.4. The Morgan fingerprint density at radius 2 is 0.747 bits per heavy atom. The number of benzene rings is 9. The van der Waals surface area contributed by atoms with Gasteiger partial charge < -0.3 is 24.3 Å². The van der Waals surface area contributed by atoms with E-state index < -0.39 is 11.6 Å². The molecule has 9 aromatic carbocycles. The molecule has 1 heterocycles. The van der Waals surface area contributed by atoms with E-state index >= 15 is 8.78 Å². The van der Waals surface area contributed by atoms with Gasteiger partial charge in [0.25, 0.3) is 0 Å². The van der Waals surface area contributed by atoms with Crippen molar-refractivity contribution in [3.63, 3.8) is 0 Å². The fourth-order valence-electron chi connectivity index (χ4n) is 16.6. The highest BCUT2D eigenvalue weighted by atomic mass is 19.1. The second kappa shape index (κ2) is 25.8. The van der Waals surface area contributed by atoms with E-state index in [1.807, 2.05) is 13.8 Å². The summed E-state index contributed by atoms with van der Waals surface area (Å²) in [6.07, 6.45) is 5.47. The van der Waals surface area contributed by atoms with Crippen molar-refractivity contribution in [2.45, 2.75) is 237 Å². The van der Waals surface area contributed by atoms with Crippen LogP contribution in [0.15, 0.2) is 127 Å². The van der Waals surface area contributed by atoms with Crippen molar-refractivity contribution in [3.8, 4) is 62.1 Å². The van der Waals surface area contributed by atoms with Crippen LogP contribution in [-0.2, 0) is 32.5 Å². The lowest BCUT2D eigenvalue weighted by Crippen LogP contribution is -2.30. The van der Waals surface area contributed by atoms with Gasteiger partial charge in [0.1, 0.15) is 34.6 Å². The number of hydrogen-bond acceptors (Lipinski definition) is 4. The smallest absolute Gasteiger partial charge is 0.147 e. The molecule has 2 atom stereocenters. The van der Waals surface area contributed by atoms with Gasteiger partial charge in [-0.25, -0.2) is 8.78 Å². The molecule has 0 spiro atoms. The summed E-state index contributed by atoms with van der Waals surface area (Å²) in [6, 6.07) is 44.0. The number of rotatable bonds is 14. The monoisotopic (exact) mass is 1330 g/mol. The number of aromatic hydroxyl groups is 2. The number of phenolic OH excluding ortho intramolecular Hbond substituents is 2. The Kier molecular flexibility index (Phi) is 18.9. The summed E-state index contributed by atoms with van der Waals surface area (Å²) in [5, 5.41) is 33.3. The van der Waals surface area contributed by atoms with Crippen LogP contribution in [0.2, 0.25) is 0 Å². The first-order chi connectivity index (χ1) is 45.8. The van der Waals surface area contributed by atoms with E-state index in [0.717, 1.165) is 98.6 Å². The molecule has 524 valence electrons. The maximum absolute atomic E-state index is 16.6. The highest BCUT2D eigenvalue weighted by Gasteiger charge is 2.36. The van der Waals surface area contributed by atoms with Crippen molar-refractivity contribution < 1.29 is 28.5 Å². The Hall–Kier alpha value is -7.64. The zero-order valence-corrected chi connectivity index (χ0v) is 64.3. The third-order valence-corrected chi connectivity index (χ3v) is 21.4. The summed E-state index contributed by atoms with van der Waals surface area (Å²) >= 11 is 0. The SMILES string of the molecule is Cc1cc(F)cc(-c2cc(C(C)(C)CC(C)(C)C)cc(-c3c4cc(C(C)(C)C)ccc4cc4ccc(C(C)(C)C)cc34)c2O)c1OC[C@@H]1CCCC[C@H]1COc1c(C)cc(F)cc1-c1cc(C(C)(C)CC(C)(C)C)cc(-n2c3cc(C(C)(C)C)ccc3c3ccc(C(C)(C)C)cc32)c1O. The molecule has 5 nitrogen and oxygen atoms in total. The van der Waals surface area contributed by atoms with Crippen LogP contribution in [0.3, 0.4) is 0 Å². The summed E-state index contributed by atoms with van der Waals surface area (Å²) in [6.45, 7) is 54.1. The van der Waals surface area contributed by atoms with Crippen LogP contribution in [0.25, 0.3) is 82.4 Å². The number of fused-ring (bicyclic) bond motifs is 5. The maximum Gasteiger partial charge on any atom is 0.147 e. The third kappa shape index (κ3) is 14.9. The van der Waals surface area contributed by atoms with E-state index in [-0.39, 0.29) is 66.7 Å². The molecule has 1 aliphatic rings. The minimum atomic E-state index is -0.414. The van der Waals surface area contributed by atoms with Crippen LogP contribution in [0, 0.1) is 48.1 Å². The Balaban J connectivity index is 1.02. The number of phenols is 2. The van der Waals surface area contributed by atoms with Gasteiger partial charge in [0.05, 0.1) is 29.9 Å². The van der Waals surface area contributed by atoms with E-state index in [1.165, 1.54) is 28.3 Å². The van der Waals surface area contributed by atoms with Gasteiger partial charge >= 0.3 is 0 Å². The minimum Gasteiger partial charge on any atom is -0.507 e. The molecule has 99 heavy (non-hydrogen) atoms. The van der Waals surface area contributed by atoms with Gasteiger partial charge in [-0.3, -0.25) is 0 Å². The second-order valence-corrected chi connectivity index (χ2v) is 37.6. The van der Waals surface area contributed by atoms with Gasteiger partial charge in [0, 0.05) is 44.2 Å². The predicted molar refractivity (Wildman–Crippen MR) is 417 cm³/mol. The van der Waals surface area contributed by atoms with Gasteiger partial charge in [-0.2, -0.15) is 0 Å². The molecule has 1 saturated carbocycles. The lowest BCUT2D eigenvalue weighted by molar-refractivity contribution is 0.105. The van der Waals surface area contributed by atoms with Crippen molar-refractivity contribution in [1.82, 2.24) is 4.57 Å². The molecule has 1 aliphatic carbocycles. The van der Waals surface area contributed by atoms with E-state index in [0.29, 0.717) is 69.3 Å². The first-order valence-electron chi connectivity index (χ1n) is 36.5. The summed E-state index contributed by atoms with van der Waals surface area (Å²) in [4.78, 5) is 0. The molecule has 0 bridgehead atoms. The van der Waals surface area contributed by atoms with Crippen LogP contribution < -0.4 is 9.47 Å². The lowest BCUT2D eigenvalue weighted by Gasteiger charge is -2.34. The molecule has 10 aromatic rings. The van der Waals surface area contributed by atoms with Gasteiger partial charge in [-0.05, 0) is 240 Å². The summed E-state index contributed by atoms with van der Waals surface area (Å²) in [7, 11) is 0. The Bertz CT molecular complexity index is 4620. The summed E-state index contributed by atoms with van der Waals surface area (Å²) < 4.78 is 49.8. The van der Waals surface area contributed by atoms with Crippen molar-refractivity contribution in [2.75, 3.05) is 13.2 Å². The van der Waals surface area contributed by atoms with Crippen molar-refractivity contribution in [3.05, 3.63) is 184 Å². The quantitative estimate of drug-likeness (QED) is 0.107. The van der Waals surface area contributed by atoms with Crippen LogP contribution in [0.1, 0.15) is 235 Å². The highest BCUT2D eigenvalue weighted by Crippen LogP contribution is 2.53. The van der Waals surface area contributed by atoms with Gasteiger partial charge in [0.2, 0.25) is 0 Å². The first kappa shape index (κ1) is 72.6. The number of hydrogen-bond donors (Lipinski definition) is 2. The minimum absolute atomic E-state index is 0.0326. The second-order valence-electron chi connectivity index (χ2n) is 37.6. The standard InChI is InChI=1S/C92H113F2NO4/c1-54-37-66(93)48-74(72-42-64(91(21,22)52-85(3,4)5)44-76(81(72)96)80-70-40-60(87(9,10)11)31-29-56(70)39-57-30-32-61(41-71(57)80)88(12,13)14)83(54)98-50-58-27-25-26-28-59(58)51-99-84-55(2)38-67(94)49-75(84)73-43-65(92(23,24)53-86(6,7)8)47-79(82(73)97)95-77-45-62(89(15,16)17)33-35-68(77)69-36-34-63(46-78(69)95)90(18,19)20/h29-49,58-59,96-97H,25-28,50-53H2,1-24H3/t58-,59-/m0/s1. The highest BCUT2D eigenvalue weighted by molar-refractivity contribution is 6.15. The fraction of sp³-hybridized carbons (Fsp3) is 0.457. The van der Waals surface area contributed by atoms with Crippen molar-refractivity contribution >= 4 is 43.4 Å². The zero-order valence-electron chi connectivity index (χ0n) is 64.3. The molecule has 0 saturated heterocycles. The van der Waals surface area contributed by atoms with Crippen LogP contribution >= 0.6 is 0 Å². The zero-order chi connectivity index (χ0) is 72.4. The molecule has 0 unspecified atom stereocenters. The number of halogens is 2. The van der Waals surface area contributed by atoms with Crippen LogP contribution in [-0.4, -0.2) is 28.0 Å². The summed E-state index contributed by atoms with van der Waals surface area (Å²) in [5.74, 6) is 0.426. The van der Waals surface area contributed by atoms with Crippen LogP contribution in [0.4, 0.5) is 8.78 Å². The van der Waals surface area contributed by atoms with Gasteiger partial charge in [0.15, 0.2) is 0 Å². The molecule has 2 N–H and O–H groups in total.